The van der Waals surface area contributed by atoms with Crippen LogP contribution >= 0.6 is 0 Å². The SMILES string of the molecule is CC=CC(C)OC/C(C)=C/N. The van der Waals surface area contributed by atoms with Crippen LogP contribution in [0, 0.1) is 0 Å². The van der Waals surface area contributed by atoms with Crippen LogP contribution in [0.2, 0.25) is 0 Å². The fraction of sp³-hybridized carbons (Fsp3) is 0.556. The summed E-state index contributed by atoms with van der Waals surface area (Å²) in [6.45, 7) is 6.54. The summed E-state index contributed by atoms with van der Waals surface area (Å²) in [6, 6.07) is 0. The molecule has 1 atom stereocenters. The Bertz CT molecular complexity index is 150. The fourth-order valence-corrected chi connectivity index (χ4v) is 0.638. The Morgan fingerprint density at radius 3 is 2.73 bits per heavy atom. The van der Waals surface area contributed by atoms with Gasteiger partial charge in [-0.15, -0.1) is 0 Å². The number of hydrogen-bond acceptors (Lipinski definition) is 2. The van der Waals surface area contributed by atoms with Crippen LogP contribution in [0.25, 0.3) is 0 Å². The Morgan fingerprint density at radius 1 is 1.64 bits per heavy atom. The molecule has 0 saturated heterocycles. The van der Waals surface area contributed by atoms with Crippen LogP contribution in [-0.2, 0) is 4.74 Å². The molecule has 2 nitrogen and oxygen atoms in total. The van der Waals surface area contributed by atoms with Crippen molar-refractivity contribution in [3.8, 4) is 0 Å². The van der Waals surface area contributed by atoms with E-state index in [2.05, 4.69) is 0 Å². The standard InChI is InChI=1S/C9H17NO/c1-4-5-9(3)11-7-8(2)6-10/h4-6,9H,7,10H2,1-3H3/b5-4?,8-6+. The van der Waals surface area contributed by atoms with Crippen molar-refractivity contribution in [3.05, 3.63) is 23.9 Å². The highest BCUT2D eigenvalue weighted by Gasteiger charge is 1.95. The van der Waals surface area contributed by atoms with Crippen LogP contribution < -0.4 is 5.73 Å². The van der Waals surface area contributed by atoms with Crippen molar-refractivity contribution < 1.29 is 4.74 Å². The van der Waals surface area contributed by atoms with E-state index in [-0.39, 0.29) is 6.10 Å². The molecule has 0 heterocycles. The zero-order valence-corrected chi connectivity index (χ0v) is 7.50. The van der Waals surface area contributed by atoms with Crippen molar-refractivity contribution in [2.45, 2.75) is 26.9 Å². The van der Waals surface area contributed by atoms with E-state index in [9.17, 15) is 0 Å². The van der Waals surface area contributed by atoms with E-state index in [1.54, 1.807) is 6.20 Å². The molecule has 0 aliphatic carbocycles. The van der Waals surface area contributed by atoms with Crippen molar-refractivity contribution in [1.29, 1.82) is 0 Å². The predicted molar refractivity (Wildman–Crippen MR) is 48.2 cm³/mol. The molecule has 0 aliphatic heterocycles. The Kier molecular flexibility index (Phi) is 5.57. The molecule has 2 N–H and O–H groups in total. The van der Waals surface area contributed by atoms with E-state index < -0.39 is 0 Å². The van der Waals surface area contributed by atoms with Crippen LogP contribution in [0.15, 0.2) is 23.9 Å². The van der Waals surface area contributed by atoms with Gasteiger partial charge in [-0.1, -0.05) is 12.2 Å². The summed E-state index contributed by atoms with van der Waals surface area (Å²) < 4.78 is 5.40. The number of ether oxygens (including phenoxy) is 1. The number of nitrogens with two attached hydrogens (primary N) is 1. The second-order valence-corrected chi connectivity index (χ2v) is 2.55. The van der Waals surface area contributed by atoms with Gasteiger partial charge in [0.05, 0.1) is 12.7 Å². The van der Waals surface area contributed by atoms with Gasteiger partial charge in [-0.25, -0.2) is 0 Å². The maximum Gasteiger partial charge on any atom is 0.0731 e. The maximum absolute atomic E-state index is 5.40. The van der Waals surface area contributed by atoms with Gasteiger partial charge >= 0.3 is 0 Å². The van der Waals surface area contributed by atoms with Crippen molar-refractivity contribution >= 4 is 0 Å². The van der Waals surface area contributed by atoms with E-state index in [4.69, 9.17) is 10.5 Å². The molecular formula is C9H17NO. The fourth-order valence-electron chi connectivity index (χ4n) is 0.638. The normalized spacial score (nSPS) is 15.7. The zero-order chi connectivity index (χ0) is 8.69. The number of rotatable bonds is 4. The second-order valence-electron chi connectivity index (χ2n) is 2.55. The second kappa shape index (κ2) is 5.98. The average Bonchev–Trinajstić information content (AvgIpc) is 2.01. The van der Waals surface area contributed by atoms with Gasteiger partial charge < -0.3 is 10.5 Å². The zero-order valence-electron chi connectivity index (χ0n) is 7.50. The van der Waals surface area contributed by atoms with E-state index in [1.165, 1.54) is 0 Å². The molecule has 0 fully saturated rings. The third-order valence-corrected chi connectivity index (χ3v) is 1.32. The molecule has 0 aromatic carbocycles. The Morgan fingerprint density at radius 2 is 2.27 bits per heavy atom. The molecule has 0 rings (SSSR count). The van der Waals surface area contributed by atoms with E-state index >= 15 is 0 Å². The van der Waals surface area contributed by atoms with E-state index in [0.29, 0.717) is 6.61 Å². The van der Waals surface area contributed by atoms with Gasteiger partial charge in [-0.05, 0) is 32.5 Å². The van der Waals surface area contributed by atoms with E-state index in [0.717, 1.165) is 5.57 Å². The minimum Gasteiger partial charge on any atom is -0.405 e. The molecule has 0 radical (unpaired) electrons. The van der Waals surface area contributed by atoms with Gasteiger partial charge in [0.25, 0.3) is 0 Å². The van der Waals surface area contributed by atoms with Gasteiger partial charge in [-0.2, -0.15) is 0 Å². The first-order valence-corrected chi connectivity index (χ1v) is 3.82. The molecule has 0 aromatic rings. The van der Waals surface area contributed by atoms with Crippen molar-refractivity contribution in [3.63, 3.8) is 0 Å². The monoisotopic (exact) mass is 155 g/mol. The minimum absolute atomic E-state index is 0.176. The first kappa shape index (κ1) is 10.2. The number of allylic oxidation sites excluding steroid dienone is 1. The van der Waals surface area contributed by atoms with Crippen LogP contribution in [-0.4, -0.2) is 12.7 Å². The number of hydrogen-bond donors (Lipinski definition) is 1. The molecule has 0 aromatic heterocycles. The average molecular weight is 155 g/mol. The lowest BCUT2D eigenvalue weighted by Gasteiger charge is -2.07. The van der Waals surface area contributed by atoms with Crippen LogP contribution in [0.1, 0.15) is 20.8 Å². The highest BCUT2D eigenvalue weighted by atomic mass is 16.5. The van der Waals surface area contributed by atoms with Gasteiger partial charge in [-0.3, -0.25) is 0 Å². The molecule has 1 unspecified atom stereocenters. The first-order chi connectivity index (χ1) is 5.20. The third kappa shape index (κ3) is 5.67. The molecular weight excluding hydrogens is 138 g/mol. The molecule has 2 heteroatoms. The lowest BCUT2D eigenvalue weighted by Crippen LogP contribution is -2.07. The molecule has 0 bridgehead atoms. The largest absolute Gasteiger partial charge is 0.405 e. The minimum atomic E-state index is 0.176. The summed E-state index contributed by atoms with van der Waals surface area (Å²) in [6.07, 6.45) is 5.73. The Hall–Kier alpha value is -0.760. The molecule has 64 valence electrons. The summed E-state index contributed by atoms with van der Waals surface area (Å²) in [7, 11) is 0. The highest BCUT2D eigenvalue weighted by molar-refractivity contribution is 4.95. The van der Waals surface area contributed by atoms with Crippen molar-refractivity contribution in [2.24, 2.45) is 5.73 Å². The summed E-state index contributed by atoms with van der Waals surface area (Å²) in [5.74, 6) is 0. The lowest BCUT2D eigenvalue weighted by molar-refractivity contribution is 0.117. The topological polar surface area (TPSA) is 35.2 Å². The quantitative estimate of drug-likeness (QED) is 0.629. The Balaban J connectivity index is 3.53. The lowest BCUT2D eigenvalue weighted by atomic mass is 10.3. The summed E-state index contributed by atoms with van der Waals surface area (Å²) in [4.78, 5) is 0. The smallest absolute Gasteiger partial charge is 0.0731 e. The van der Waals surface area contributed by atoms with Gasteiger partial charge in [0.15, 0.2) is 0 Å². The van der Waals surface area contributed by atoms with Gasteiger partial charge in [0.1, 0.15) is 0 Å². The summed E-state index contributed by atoms with van der Waals surface area (Å²) >= 11 is 0. The molecule has 0 spiro atoms. The maximum atomic E-state index is 5.40. The van der Waals surface area contributed by atoms with Gasteiger partial charge in [0, 0.05) is 0 Å². The van der Waals surface area contributed by atoms with Crippen molar-refractivity contribution in [1.82, 2.24) is 0 Å². The first-order valence-electron chi connectivity index (χ1n) is 3.82. The van der Waals surface area contributed by atoms with Gasteiger partial charge in [0.2, 0.25) is 0 Å². The summed E-state index contributed by atoms with van der Waals surface area (Å²) in [5.41, 5.74) is 6.33. The Labute approximate surface area is 68.7 Å². The van der Waals surface area contributed by atoms with E-state index in [1.807, 2.05) is 32.9 Å². The van der Waals surface area contributed by atoms with Crippen LogP contribution in [0.5, 0.6) is 0 Å². The predicted octanol–water partition coefficient (Wildman–Crippen LogP) is 1.83. The third-order valence-electron chi connectivity index (χ3n) is 1.32. The van der Waals surface area contributed by atoms with Crippen LogP contribution in [0.4, 0.5) is 0 Å². The molecule has 0 saturated carbocycles. The van der Waals surface area contributed by atoms with Crippen LogP contribution in [0.3, 0.4) is 0 Å². The van der Waals surface area contributed by atoms with Crippen molar-refractivity contribution in [2.75, 3.05) is 6.61 Å². The highest BCUT2D eigenvalue weighted by Crippen LogP contribution is 1.97. The molecule has 0 aliphatic rings. The molecule has 0 amide bonds. The molecule has 11 heavy (non-hydrogen) atoms. The summed E-state index contributed by atoms with van der Waals surface area (Å²) in [5, 5.41) is 0.